The third-order valence-corrected chi connectivity index (χ3v) is 3.78. The second-order valence-electron chi connectivity index (χ2n) is 5.54. The number of rotatable bonds is 4. The molecule has 0 bridgehead atoms. The SMILES string of the molecule is COC(=O)N1C[C@H](OC(C)=O)CC[C@H]1C(=O)OCc1ccccc1. The summed E-state index contributed by atoms with van der Waals surface area (Å²) in [5.41, 5.74) is 0.865. The molecule has 7 nitrogen and oxygen atoms in total. The molecule has 0 aliphatic carbocycles. The molecule has 0 saturated carbocycles. The highest BCUT2D eigenvalue weighted by molar-refractivity contribution is 5.81. The van der Waals surface area contributed by atoms with Crippen LogP contribution in [-0.2, 0) is 30.4 Å². The Balaban J connectivity index is 1.99. The Bertz CT molecular complexity index is 588. The molecule has 1 heterocycles. The van der Waals surface area contributed by atoms with Crippen molar-refractivity contribution in [3.05, 3.63) is 35.9 Å². The highest BCUT2D eigenvalue weighted by Gasteiger charge is 2.38. The van der Waals surface area contributed by atoms with Crippen LogP contribution in [0.25, 0.3) is 0 Å². The topological polar surface area (TPSA) is 82.1 Å². The molecule has 0 N–H and O–H groups in total. The molecule has 0 aromatic heterocycles. The Labute approximate surface area is 140 Å². The minimum Gasteiger partial charge on any atom is -0.461 e. The fourth-order valence-corrected chi connectivity index (χ4v) is 2.66. The lowest BCUT2D eigenvalue weighted by molar-refractivity contribution is -0.157. The lowest BCUT2D eigenvalue weighted by Gasteiger charge is -2.36. The zero-order valence-corrected chi connectivity index (χ0v) is 13.8. The van der Waals surface area contributed by atoms with E-state index in [0.29, 0.717) is 12.8 Å². The predicted octanol–water partition coefficient (Wildman–Crippen LogP) is 1.89. The van der Waals surface area contributed by atoms with Crippen LogP contribution in [0.4, 0.5) is 4.79 Å². The van der Waals surface area contributed by atoms with Gasteiger partial charge in [0.25, 0.3) is 0 Å². The Morgan fingerprint density at radius 1 is 1.17 bits per heavy atom. The number of ether oxygens (including phenoxy) is 3. The van der Waals surface area contributed by atoms with Crippen molar-refractivity contribution < 1.29 is 28.6 Å². The van der Waals surface area contributed by atoms with Gasteiger partial charge in [-0.15, -0.1) is 0 Å². The number of methoxy groups -OCH3 is 1. The number of hydrogen-bond acceptors (Lipinski definition) is 6. The smallest absolute Gasteiger partial charge is 0.410 e. The first-order valence-corrected chi connectivity index (χ1v) is 7.73. The fourth-order valence-electron chi connectivity index (χ4n) is 2.66. The van der Waals surface area contributed by atoms with Gasteiger partial charge in [-0.1, -0.05) is 30.3 Å². The molecule has 130 valence electrons. The van der Waals surface area contributed by atoms with E-state index in [9.17, 15) is 14.4 Å². The van der Waals surface area contributed by atoms with Gasteiger partial charge < -0.3 is 14.2 Å². The number of piperidine rings is 1. The summed E-state index contributed by atoms with van der Waals surface area (Å²) in [6.07, 6.45) is -0.257. The average molecular weight is 335 g/mol. The van der Waals surface area contributed by atoms with Crippen molar-refractivity contribution in [3.8, 4) is 0 Å². The van der Waals surface area contributed by atoms with Crippen LogP contribution in [0.5, 0.6) is 0 Å². The maximum Gasteiger partial charge on any atom is 0.410 e. The number of likely N-dealkylation sites (tertiary alicyclic amines) is 1. The van der Waals surface area contributed by atoms with E-state index in [-0.39, 0.29) is 13.2 Å². The molecule has 0 spiro atoms. The normalized spacial score (nSPS) is 20.2. The standard InChI is InChI=1S/C17H21NO6/c1-12(19)24-14-8-9-15(18(10-14)17(21)22-2)16(20)23-11-13-6-4-3-5-7-13/h3-7,14-15H,8-11H2,1-2H3/t14-,15+/m1/s1. The average Bonchev–Trinajstić information content (AvgIpc) is 2.59. The van der Waals surface area contributed by atoms with Crippen molar-refractivity contribution in [2.24, 2.45) is 0 Å². The van der Waals surface area contributed by atoms with Gasteiger partial charge in [0.1, 0.15) is 18.8 Å². The summed E-state index contributed by atoms with van der Waals surface area (Å²) in [5, 5.41) is 0. The monoisotopic (exact) mass is 335 g/mol. The van der Waals surface area contributed by atoms with E-state index in [1.807, 2.05) is 30.3 Å². The van der Waals surface area contributed by atoms with Crippen LogP contribution >= 0.6 is 0 Å². The third kappa shape index (κ3) is 4.71. The molecule has 2 atom stereocenters. The lowest BCUT2D eigenvalue weighted by Crippen LogP contribution is -2.53. The van der Waals surface area contributed by atoms with Crippen LogP contribution in [-0.4, -0.2) is 48.7 Å². The maximum atomic E-state index is 12.4. The molecule has 1 aromatic rings. The summed E-state index contributed by atoms with van der Waals surface area (Å²) < 4.78 is 15.2. The number of hydrogen-bond donors (Lipinski definition) is 0. The minimum atomic E-state index is -0.743. The van der Waals surface area contributed by atoms with Crippen LogP contribution in [0.1, 0.15) is 25.3 Å². The molecule has 1 aromatic carbocycles. The number of amides is 1. The number of nitrogens with zero attached hydrogens (tertiary/aromatic N) is 1. The van der Waals surface area contributed by atoms with Gasteiger partial charge in [0, 0.05) is 6.92 Å². The van der Waals surface area contributed by atoms with E-state index in [1.54, 1.807) is 0 Å². The van der Waals surface area contributed by atoms with Crippen molar-refractivity contribution in [1.29, 1.82) is 0 Å². The van der Waals surface area contributed by atoms with Crippen LogP contribution in [0.2, 0.25) is 0 Å². The molecule has 2 rings (SSSR count). The van der Waals surface area contributed by atoms with Gasteiger partial charge in [-0.3, -0.25) is 9.69 Å². The molecule has 0 unspecified atom stereocenters. The molecule has 1 amide bonds. The highest BCUT2D eigenvalue weighted by atomic mass is 16.6. The zero-order chi connectivity index (χ0) is 17.5. The molecule has 24 heavy (non-hydrogen) atoms. The van der Waals surface area contributed by atoms with E-state index in [4.69, 9.17) is 14.2 Å². The second kappa shape index (κ2) is 8.33. The Morgan fingerprint density at radius 3 is 2.50 bits per heavy atom. The van der Waals surface area contributed by atoms with E-state index in [0.717, 1.165) is 5.56 Å². The first kappa shape index (κ1) is 17.8. The van der Waals surface area contributed by atoms with E-state index >= 15 is 0 Å². The van der Waals surface area contributed by atoms with Gasteiger partial charge in [-0.2, -0.15) is 0 Å². The minimum absolute atomic E-state index is 0.108. The molecular formula is C17H21NO6. The summed E-state index contributed by atoms with van der Waals surface area (Å²) in [5.74, 6) is -0.916. The van der Waals surface area contributed by atoms with Gasteiger partial charge >= 0.3 is 18.0 Å². The van der Waals surface area contributed by atoms with Crippen LogP contribution in [0, 0.1) is 0 Å². The van der Waals surface area contributed by atoms with Gasteiger partial charge in [0.2, 0.25) is 0 Å². The third-order valence-electron chi connectivity index (χ3n) is 3.78. The highest BCUT2D eigenvalue weighted by Crippen LogP contribution is 2.22. The van der Waals surface area contributed by atoms with Crippen LogP contribution < -0.4 is 0 Å². The Hall–Kier alpha value is -2.57. The number of esters is 2. The summed E-state index contributed by atoms with van der Waals surface area (Å²) in [4.78, 5) is 36.6. The fraction of sp³-hybridized carbons (Fsp3) is 0.471. The van der Waals surface area contributed by atoms with E-state index in [2.05, 4.69) is 0 Å². The summed E-state index contributed by atoms with van der Waals surface area (Å²) in [6.45, 7) is 1.55. The molecule has 7 heteroatoms. The summed E-state index contributed by atoms with van der Waals surface area (Å²) >= 11 is 0. The van der Waals surface area contributed by atoms with Gasteiger partial charge in [-0.25, -0.2) is 9.59 Å². The Morgan fingerprint density at radius 2 is 1.88 bits per heavy atom. The molecule has 1 saturated heterocycles. The first-order valence-electron chi connectivity index (χ1n) is 7.73. The van der Waals surface area contributed by atoms with Crippen LogP contribution in [0.3, 0.4) is 0 Å². The lowest BCUT2D eigenvalue weighted by atomic mass is 10.0. The van der Waals surface area contributed by atoms with Crippen molar-refractivity contribution in [2.45, 2.75) is 38.5 Å². The van der Waals surface area contributed by atoms with Crippen molar-refractivity contribution in [3.63, 3.8) is 0 Å². The second-order valence-corrected chi connectivity index (χ2v) is 5.54. The first-order chi connectivity index (χ1) is 11.5. The quantitative estimate of drug-likeness (QED) is 0.617. The molecular weight excluding hydrogens is 314 g/mol. The van der Waals surface area contributed by atoms with Crippen LogP contribution in [0.15, 0.2) is 30.3 Å². The molecule has 1 fully saturated rings. The number of benzene rings is 1. The predicted molar refractivity (Wildman–Crippen MR) is 83.9 cm³/mol. The molecule has 0 radical (unpaired) electrons. The number of carbonyl (C=O) groups is 3. The van der Waals surface area contributed by atoms with Crippen molar-refractivity contribution in [1.82, 2.24) is 4.90 Å². The largest absolute Gasteiger partial charge is 0.461 e. The van der Waals surface area contributed by atoms with Crippen molar-refractivity contribution >= 4 is 18.0 Å². The summed E-state index contributed by atoms with van der Waals surface area (Å²) in [6, 6.07) is 8.54. The maximum absolute atomic E-state index is 12.4. The van der Waals surface area contributed by atoms with Gasteiger partial charge in [-0.05, 0) is 18.4 Å². The van der Waals surface area contributed by atoms with E-state index in [1.165, 1.54) is 18.9 Å². The molecule has 1 aliphatic rings. The Kier molecular flexibility index (Phi) is 6.17. The van der Waals surface area contributed by atoms with Gasteiger partial charge in [0.05, 0.1) is 13.7 Å². The van der Waals surface area contributed by atoms with Gasteiger partial charge in [0.15, 0.2) is 0 Å². The number of carbonyl (C=O) groups excluding carboxylic acids is 3. The zero-order valence-electron chi connectivity index (χ0n) is 13.8. The van der Waals surface area contributed by atoms with E-state index < -0.39 is 30.2 Å². The summed E-state index contributed by atoms with van der Waals surface area (Å²) in [7, 11) is 1.24. The van der Waals surface area contributed by atoms with Crippen molar-refractivity contribution in [2.75, 3.05) is 13.7 Å². The molecule has 1 aliphatic heterocycles.